The fraction of sp³-hybridized carbons (Fsp3) is 0.879. The van der Waals surface area contributed by atoms with Gasteiger partial charge in [-0.05, 0) is 38.5 Å². The Morgan fingerprint density at radius 2 is 1.14 bits per heavy atom. The highest BCUT2D eigenvalue weighted by Gasteiger charge is 2.25. The summed E-state index contributed by atoms with van der Waals surface area (Å²) in [4.78, 5) is 34.4. The molecular formula is C33H64NO8P. The molecule has 0 saturated carbocycles. The highest BCUT2D eigenvalue weighted by Crippen LogP contribution is 2.43. The summed E-state index contributed by atoms with van der Waals surface area (Å²) < 4.78 is 32.4. The minimum Gasteiger partial charge on any atom is -0.462 e. The number of nitrogens with two attached hydrogens (primary N) is 1. The van der Waals surface area contributed by atoms with Crippen LogP contribution in [-0.2, 0) is 32.7 Å². The third-order valence-corrected chi connectivity index (χ3v) is 8.14. The van der Waals surface area contributed by atoms with Crippen LogP contribution in [0.15, 0.2) is 12.2 Å². The molecule has 0 bridgehead atoms. The van der Waals surface area contributed by atoms with Crippen LogP contribution in [0, 0.1) is 0 Å². The molecular weight excluding hydrogens is 569 g/mol. The molecule has 9 nitrogen and oxygen atoms in total. The van der Waals surface area contributed by atoms with E-state index in [-0.39, 0.29) is 32.6 Å². The summed E-state index contributed by atoms with van der Waals surface area (Å²) in [6, 6.07) is 0. The monoisotopic (exact) mass is 633 g/mol. The SMILES string of the molecule is CCCCCCCCCC/C=C/CCCCCC(=O)OC[C@@H](COP(=O)(O)OCCN)OC(=O)CCCCCCCCC. The number of hydrogen-bond donors (Lipinski definition) is 2. The van der Waals surface area contributed by atoms with Gasteiger partial charge in [0.05, 0.1) is 13.2 Å². The molecule has 0 aliphatic heterocycles. The van der Waals surface area contributed by atoms with E-state index in [2.05, 4.69) is 26.0 Å². The molecule has 254 valence electrons. The Morgan fingerprint density at radius 1 is 0.674 bits per heavy atom. The van der Waals surface area contributed by atoms with Crippen LogP contribution in [0.1, 0.15) is 155 Å². The molecule has 1 unspecified atom stereocenters. The van der Waals surface area contributed by atoms with Crippen molar-refractivity contribution in [3.05, 3.63) is 12.2 Å². The van der Waals surface area contributed by atoms with E-state index in [1.54, 1.807) is 0 Å². The van der Waals surface area contributed by atoms with Gasteiger partial charge in [-0.25, -0.2) is 4.57 Å². The largest absolute Gasteiger partial charge is 0.472 e. The van der Waals surface area contributed by atoms with Crippen molar-refractivity contribution in [2.24, 2.45) is 5.73 Å². The number of phosphoric acid groups is 1. The molecule has 0 fully saturated rings. The summed E-state index contributed by atoms with van der Waals surface area (Å²) in [5.74, 6) is -0.853. The van der Waals surface area contributed by atoms with Gasteiger partial charge >= 0.3 is 19.8 Å². The molecule has 0 amide bonds. The maximum absolute atomic E-state index is 12.4. The standard InChI is InChI=1S/C33H64NO8P/c1-3-5-7-9-11-12-13-14-15-16-17-18-20-21-23-25-32(35)39-29-31(30-41-43(37,38)40-28-27-34)42-33(36)26-24-22-19-10-8-6-4-2/h16-17,31H,3-15,18-30,34H2,1-2H3,(H,37,38)/b17-16+/t31-/m0/s1. The molecule has 0 aliphatic rings. The van der Waals surface area contributed by atoms with Gasteiger partial charge in [0.25, 0.3) is 0 Å². The Balaban J connectivity index is 4.21. The average molecular weight is 634 g/mol. The summed E-state index contributed by atoms with van der Waals surface area (Å²) >= 11 is 0. The molecule has 10 heteroatoms. The van der Waals surface area contributed by atoms with Crippen molar-refractivity contribution in [1.29, 1.82) is 0 Å². The fourth-order valence-electron chi connectivity index (χ4n) is 4.57. The predicted molar refractivity (Wildman–Crippen MR) is 174 cm³/mol. The number of unbranched alkanes of at least 4 members (excludes halogenated alkanes) is 17. The summed E-state index contributed by atoms with van der Waals surface area (Å²) in [7, 11) is -4.36. The summed E-state index contributed by atoms with van der Waals surface area (Å²) in [5, 5.41) is 0. The van der Waals surface area contributed by atoms with Gasteiger partial charge in [0, 0.05) is 19.4 Å². The summed E-state index contributed by atoms with van der Waals surface area (Å²) in [5.41, 5.74) is 5.30. The lowest BCUT2D eigenvalue weighted by atomic mass is 10.1. The van der Waals surface area contributed by atoms with E-state index in [9.17, 15) is 19.0 Å². The lowest BCUT2D eigenvalue weighted by Crippen LogP contribution is -2.29. The minimum atomic E-state index is -4.36. The topological polar surface area (TPSA) is 134 Å². The Morgan fingerprint density at radius 3 is 1.67 bits per heavy atom. The zero-order valence-corrected chi connectivity index (χ0v) is 28.3. The van der Waals surface area contributed by atoms with Crippen molar-refractivity contribution in [2.75, 3.05) is 26.4 Å². The van der Waals surface area contributed by atoms with E-state index in [1.807, 2.05) is 0 Å². The maximum atomic E-state index is 12.4. The van der Waals surface area contributed by atoms with Gasteiger partial charge in [0.15, 0.2) is 6.10 Å². The van der Waals surface area contributed by atoms with Crippen LogP contribution < -0.4 is 5.73 Å². The first-order valence-corrected chi connectivity index (χ1v) is 18.7. The summed E-state index contributed by atoms with van der Waals surface area (Å²) in [6.07, 6.45) is 26.9. The van der Waals surface area contributed by atoms with Crippen LogP contribution in [0.25, 0.3) is 0 Å². The Bertz CT molecular complexity index is 734. The van der Waals surface area contributed by atoms with Gasteiger partial charge < -0.3 is 20.1 Å². The Labute approximate surface area is 262 Å². The van der Waals surface area contributed by atoms with Crippen LogP contribution in [0.3, 0.4) is 0 Å². The molecule has 0 radical (unpaired) electrons. The third-order valence-electron chi connectivity index (χ3n) is 7.15. The van der Waals surface area contributed by atoms with Crippen molar-refractivity contribution < 1.29 is 37.6 Å². The molecule has 3 N–H and O–H groups in total. The van der Waals surface area contributed by atoms with E-state index < -0.39 is 32.5 Å². The summed E-state index contributed by atoms with van der Waals surface area (Å²) in [6.45, 7) is 3.64. The smallest absolute Gasteiger partial charge is 0.462 e. The van der Waals surface area contributed by atoms with Crippen molar-refractivity contribution >= 4 is 19.8 Å². The van der Waals surface area contributed by atoms with E-state index >= 15 is 0 Å². The average Bonchev–Trinajstić information content (AvgIpc) is 2.99. The molecule has 43 heavy (non-hydrogen) atoms. The zero-order chi connectivity index (χ0) is 31.9. The van der Waals surface area contributed by atoms with Crippen LogP contribution in [0.5, 0.6) is 0 Å². The predicted octanol–water partition coefficient (Wildman–Crippen LogP) is 8.71. The second-order valence-corrected chi connectivity index (χ2v) is 12.8. The number of rotatable bonds is 32. The number of carbonyl (C=O) groups excluding carboxylic acids is 2. The molecule has 0 aromatic rings. The number of allylic oxidation sites excluding steroid dienone is 2. The highest BCUT2D eigenvalue weighted by atomic mass is 31.2. The number of hydrogen-bond acceptors (Lipinski definition) is 8. The fourth-order valence-corrected chi connectivity index (χ4v) is 5.33. The van der Waals surface area contributed by atoms with Gasteiger partial charge in [-0.3, -0.25) is 18.6 Å². The molecule has 0 aromatic heterocycles. The normalized spacial score (nSPS) is 13.7. The second kappa shape index (κ2) is 30.8. The lowest BCUT2D eigenvalue weighted by Gasteiger charge is -2.19. The molecule has 0 aromatic carbocycles. The van der Waals surface area contributed by atoms with Gasteiger partial charge in [-0.1, -0.05) is 116 Å². The van der Waals surface area contributed by atoms with Crippen LogP contribution >= 0.6 is 7.82 Å². The van der Waals surface area contributed by atoms with Crippen molar-refractivity contribution in [3.8, 4) is 0 Å². The highest BCUT2D eigenvalue weighted by molar-refractivity contribution is 7.47. The van der Waals surface area contributed by atoms with Gasteiger partial charge in [0.1, 0.15) is 6.61 Å². The minimum absolute atomic E-state index is 0.0535. The first kappa shape index (κ1) is 41.8. The molecule has 0 spiro atoms. The van der Waals surface area contributed by atoms with E-state index in [0.29, 0.717) is 12.8 Å². The second-order valence-electron chi connectivity index (χ2n) is 11.4. The zero-order valence-electron chi connectivity index (χ0n) is 27.4. The number of carbonyl (C=O) groups is 2. The van der Waals surface area contributed by atoms with Crippen LogP contribution in [0.2, 0.25) is 0 Å². The molecule has 0 saturated heterocycles. The molecule has 0 rings (SSSR count). The maximum Gasteiger partial charge on any atom is 0.472 e. The Hall–Kier alpha value is -1.25. The quantitative estimate of drug-likeness (QED) is 0.0323. The van der Waals surface area contributed by atoms with Gasteiger partial charge in [-0.2, -0.15) is 0 Å². The van der Waals surface area contributed by atoms with Crippen molar-refractivity contribution in [1.82, 2.24) is 0 Å². The van der Waals surface area contributed by atoms with Gasteiger partial charge in [-0.15, -0.1) is 0 Å². The molecule has 0 heterocycles. The van der Waals surface area contributed by atoms with E-state index in [4.69, 9.17) is 24.3 Å². The van der Waals surface area contributed by atoms with Crippen LogP contribution in [-0.4, -0.2) is 49.3 Å². The lowest BCUT2D eigenvalue weighted by molar-refractivity contribution is -0.161. The number of phosphoric ester groups is 1. The van der Waals surface area contributed by atoms with Crippen molar-refractivity contribution in [3.63, 3.8) is 0 Å². The van der Waals surface area contributed by atoms with Gasteiger partial charge in [0.2, 0.25) is 0 Å². The third kappa shape index (κ3) is 30.6. The van der Waals surface area contributed by atoms with E-state index in [1.165, 1.54) is 70.6 Å². The Kier molecular flexibility index (Phi) is 29.9. The first-order chi connectivity index (χ1) is 20.8. The number of ether oxygens (including phenoxy) is 2. The number of esters is 2. The first-order valence-electron chi connectivity index (χ1n) is 17.2. The molecule has 0 aliphatic carbocycles. The molecule has 2 atom stereocenters. The van der Waals surface area contributed by atoms with E-state index in [0.717, 1.165) is 44.9 Å². The van der Waals surface area contributed by atoms with Crippen LogP contribution in [0.4, 0.5) is 0 Å². The van der Waals surface area contributed by atoms with Crippen molar-refractivity contribution in [2.45, 2.75) is 161 Å².